The molecule has 7 nitrogen and oxygen atoms in total. The Labute approximate surface area is 227 Å². The van der Waals surface area contributed by atoms with Crippen molar-refractivity contribution in [3.63, 3.8) is 0 Å². The van der Waals surface area contributed by atoms with Crippen molar-refractivity contribution in [2.75, 3.05) is 19.8 Å². The molecule has 2 aliphatic heterocycles. The van der Waals surface area contributed by atoms with Crippen molar-refractivity contribution < 1.29 is 40.7 Å². The normalized spacial score (nSPS) is 19.3. The van der Waals surface area contributed by atoms with Crippen LogP contribution < -0.4 is 5.73 Å². The molecule has 14 heteroatoms. The van der Waals surface area contributed by atoms with Crippen LogP contribution in [0.5, 0.6) is 0 Å². The Kier molecular flexibility index (Phi) is 7.21. The first-order chi connectivity index (χ1) is 18.7. The van der Waals surface area contributed by atoms with Gasteiger partial charge in [-0.3, -0.25) is 19.2 Å². The number of fused-ring (bicyclic) bond motifs is 1. The highest BCUT2D eigenvalue weighted by Crippen LogP contribution is 2.38. The molecule has 2 amide bonds. The molecule has 40 heavy (non-hydrogen) atoms. The number of alkyl halides is 6. The van der Waals surface area contributed by atoms with Gasteiger partial charge in [0.25, 0.3) is 11.1 Å². The number of hydrogen-bond donors (Lipinski definition) is 1. The zero-order valence-electron chi connectivity index (χ0n) is 20.7. The van der Waals surface area contributed by atoms with Gasteiger partial charge in [-0.05, 0) is 66.1 Å². The monoisotopic (exact) mass is 584 g/mol. The molecule has 3 heterocycles. The van der Waals surface area contributed by atoms with Crippen molar-refractivity contribution >= 4 is 39.9 Å². The lowest BCUT2D eigenvalue weighted by Gasteiger charge is -2.35. The van der Waals surface area contributed by atoms with Crippen LogP contribution in [0.15, 0.2) is 47.5 Å². The van der Waals surface area contributed by atoms with E-state index >= 15 is 0 Å². The molecule has 0 unspecified atom stereocenters. The van der Waals surface area contributed by atoms with E-state index < -0.39 is 46.7 Å². The lowest BCUT2D eigenvalue weighted by Crippen LogP contribution is -2.54. The van der Waals surface area contributed by atoms with Crippen molar-refractivity contribution in [3.8, 4) is 0 Å². The van der Waals surface area contributed by atoms with Crippen molar-refractivity contribution in [1.82, 2.24) is 14.7 Å². The van der Waals surface area contributed by atoms with Gasteiger partial charge < -0.3 is 10.5 Å². The molecule has 0 saturated carbocycles. The predicted octanol–water partition coefficient (Wildman–Crippen LogP) is 5.67. The third kappa shape index (κ3) is 5.74. The highest BCUT2D eigenvalue weighted by Gasteiger charge is 2.41. The first kappa shape index (κ1) is 28.2. The van der Waals surface area contributed by atoms with E-state index in [-0.39, 0.29) is 23.1 Å². The lowest BCUT2D eigenvalue weighted by molar-refractivity contribution is -0.143. The number of aromatic nitrogens is 2. The molecule has 2 saturated heterocycles. The van der Waals surface area contributed by atoms with E-state index in [2.05, 4.69) is 5.10 Å². The summed E-state index contributed by atoms with van der Waals surface area (Å²) in [6, 6.07) is 6.33. The Bertz CT molecular complexity index is 1510. The Morgan fingerprint density at radius 1 is 1.02 bits per heavy atom. The lowest BCUT2D eigenvalue weighted by atomic mass is 9.91. The third-order valence-corrected chi connectivity index (χ3v) is 7.77. The van der Waals surface area contributed by atoms with Crippen molar-refractivity contribution in [2.24, 2.45) is 5.73 Å². The second-order valence-electron chi connectivity index (χ2n) is 9.73. The van der Waals surface area contributed by atoms with Gasteiger partial charge in [-0.15, -0.1) is 0 Å². The third-order valence-electron chi connectivity index (χ3n) is 6.86. The summed E-state index contributed by atoms with van der Waals surface area (Å²) >= 11 is 0.787. The van der Waals surface area contributed by atoms with Crippen molar-refractivity contribution in [1.29, 1.82) is 0 Å². The largest absolute Gasteiger partial charge is 0.416 e. The molecule has 1 aromatic heterocycles. The van der Waals surface area contributed by atoms with Crippen LogP contribution in [0.3, 0.4) is 0 Å². The number of ether oxygens (including phenoxy) is 1. The summed E-state index contributed by atoms with van der Waals surface area (Å²) < 4.78 is 86.3. The first-order valence-electron chi connectivity index (χ1n) is 12.1. The standard InChI is InChI=1S/C26H22F6N4O3S/c27-25(28,29)18-3-2-16(19(11-18)26(30,31)32)13-36-20-4-1-15(9-17(20)12-34-36)10-21-22(37)35(23(38)40-21)14-24(33)5-7-39-8-6-24/h1-4,9-12H,5-8,13-14,33H2/b21-10-. The maximum absolute atomic E-state index is 13.6. The Hall–Kier alpha value is -3.36. The fraction of sp³-hybridized carbons (Fsp3) is 0.346. The molecule has 0 bridgehead atoms. The fourth-order valence-corrected chi connectivity index (χ4v) is 5.51. The summed E-state index contributed by atoms with van der Waals surface area (Å²) in [5.41, 5.74) is 3.48. The SMILES string of the molecule is NC1(CN2C(=O)S/C(=C\c3ccc4c(cnn4Cc4ccc(C(F)(F)F)cc4C(F)(F)F)c3)C2=O)CCOCC1. The molecule has 2 aliphatic rings. The highest BCUT2D eigenvalue weighted by atomic mass is 32.2. The maximum Gasteiger partial charge on any atom is 0.416 e. The first-order valence-corrected chi connectivity index (χ1v) is 12.9. The molecule has 2 N–H and O–H groups in total. The van der Waals surface area contributed by atoms with Gasteiger partial charge in [0.05, 0.1) is 34.3 Å². The number of nitrogens with zero attached hydrogens (tertiary/aromatic N) is 3. The summed E-state index contributed by atoms with van der Waals surface area (Å²) in [7, 11) is 0. The highest BCUT2D eigenvalue weighted by molar-refractivity contribution is 8.18. The topological polar surface area (TPSA) is 90.5 Å². The maximum atomic E-state index is 13.6. The van der Waals surface area contributed by atoms with E-state index in [0.717, 1.165) is 22.7 Å². The summed E-state index contributed by atoms with van der Waals surface area (Å²) in [5.74, 6) is -0.468. The van der Waals surface area contributed by atoms with E-state index in [1.165, 1.54) is 17.0 Å². The van der Waals surface area contributed by atoms with E-state index in [9.17, 15) is 35.9 Å². The second kappa shape index (κ2) is 10.2. The van der Waals surface area contributed by atoms with Crippen LogP contribution in [0.4, 0.5) is 31.1 Å². The molecule has 5 rings (SSSR count). The van der Waals surface area contributed by atoms with Gasteiger partial charge in [-0.2, -0.15) is 31.4 Å². The number of thioether (sulfide) groups is 1. The minimum absolute atomic E-state index is 0.0774. The minimum atomic E-state index is -5.00. The quantitative estimate of drug-likeness (QED) is 0.307. The van der Waals surface area contributed by atoms with Gasteiger partial charge in [-0.1, -0.05) is 12.1 Å². The number of hydrogen-bond acceptors (Lipinski definition) is 6. The average molecular weight is 585 g/mol. The smallest absolute Gasteiger partial charge is 0.381 e. The molecule has 3 aromatic rings. The molecule has 0 atom stereocenters. The molecule has 0 aliphatic carbocycles. The van der Waals surface area contributed by atoms with Crippen LogP contribution >= 0.6 is 11.8 Å². The number of amides is 2. The zero-order valence-corrected chi connectivity index (χ0v) is 21.5. The Morgan fingerprint density at radius 2 is 1.75 bits per heavy atom. The predicted molar refractivity (Wildman–Crippen MR) is 135 cm³/mol. The summed E-state index contributed by atoms with van der Waals surface area (Å²) in [5, 5.41) is 4.21. The summed E-state index contributed by atoms with van der Waals surface area (Å²) in [4.78, 5) is 26.8. The van der Waals surface area contributed by atoms with Gasteiger partial charge in [-0.25, -0.2) is 0 Å². The summed E-state index contributed by atoms with van der Waals surface area (Å²) in [6.45, 7) is 0.563. The second-order valence-corrected chi connectivity index (χ2v) is 10.7. The average Bonchev–Trinajstić information content (AvgIpc) is 3.38. The Balaban J connectivity index is 1.38. The van der Waals surface area contributed by atoms with Gasteiger partial charge in [0.2, 0.25) is 0 Å². The van der Waals surface area contributed by atoms with Crippen molar-refractivity contribution in [2.45, 2.75) is 37.3 Å². The number of carbonyl (C=O) groups excluding carboxylic acids is 2. The Morgan fingerprint density at radius 3 is 2.42 bits per heavy atom. The number of carbonyl (C=O) groups is 2. The molecule has 0 radical (unpaired) electrons. The van der Waals surface area contributed by atoms with E-state index in [0.29, 0.717) is 48.6 Å². The number of benzene rings is 2. The van der Waals surface area contributed by atoms with Gasteiger partial charge in [0, 0.05) is 30.7 Å². The van der Waals surface area contributed by atoms with Crippen LogP contribution in [0.25, 0.3) is 17.0 Å². The van der Waals surface area contributed by atoms with E-state index in [4.69, 9.17) is 10.5 Å². The molecule has 212 valence electrons. The molecular formula is C26H22F6N4O3S. The number of nitrogens with two attached hydrogens (primary N) is 1. The van der Waals surface area contributed by atoms with Crippen LogP contribution in [0.1, 0.15) is 35.1 Å². The molecular weight excluding hydrogens is 562 g/mol. The van der Waals surface area contributed by atoms with E-state index in [1.807, 2.05) is 0 Å². The van der Waals surface area contributed by atoms with Crippen LogP contribution in [-0.4, -0.2) is 51.1 Å². The number of rotatable bonds is 5. The van der Waals surface area contributed by atoms with E-state index in [1.54, 1.807) is 18.2 Å². The number of imide groups is 1. The van der Waals surface area contributed by atoms with Gasteiger partial charge in [0.1, 0.15) is 0 Å². The number of halogens is 6. The zero-order chi connectivity index (χ0) is 28.9. The summed E-state index contributed by atoms with van der Waals surface area (Å²) in [6.07, 6.45) is -5.94. The molecule has 2 aromatic carbocycles. The molecule has 0 spiro atoms. The van der Waals surface area contributed by atoms with Gasteiger partial charge >= 0.3 is 12.4 Å². The van der Waals surface area contributed by atoms with Crippen LogP contribution in [-0.2, 0) is 28.4 Å². The fourth-order valence-electron chi connectivity index (χ4n) is 4.68. The van der Waals surface area contributed by atoms with Crippen LogP contribution in [0.2, 0.25) is 0 Å². The minimum Gasteiger partial charge on any atom is -0.381 e. The van der Waals surface area contributed by atoms with Crippen LogP contribution in [0, 0.1) is 0 Å². The molecule has 2 fully saturated rings. The van der Waals surface area contributed by atoms with Crippen molar-refractivity contribution in [3.05, 3.63) is 69.8 Å². The van der Waals surface area contributed by atoms with Gasteiger partial charge in [0.15, 0.2) is 0 Å².